The van der Waals surface area contributed by atoms with E-state index in [4.69, 9.17) is 0 Å². The van der Waals surface area contributed by atoms with Crippen LogP contribution in [0.15, 0.2) is 54.7 Å². The molecule has 0 saturated heterocycles. The van der Waals surface area contributed by atoms with Crippen LogP contribution in [0.1, 0.15) is 59.9 Å². The summed E-state index contributed by atoms with van der Waals surface area (Å²) in [5.41, 5.74) is 2.49. The average molecular weight is 467 g/mol. The van der Waals surface area contributed by atoms with Gasteiger partial charge in [0, 0.05) is 11.3 Å². The van der Waals surface area contributed by atoms with Gasteiger partial charge in [-0.25, -0.2) is 8.78 Å². The van der Waals surface area contributed by atoms with Gasteiger partial charge < -0.3 is 10.6 Å². The molecule has 2 atom stereocenters. The number of amides is 2. The summed E-state index contributed by atoms with van der Waals surface area (Å²) in [5.74, 6) is -3.58. The van der Waals surface area contributed by atoms with Crippen LogP contribution in [0.2, 0.25) is 0 Å². The average Bonchev–Trinajstić information content (AvgIpc) is 3.21. The van der Waals surface area contributed by atoms with Gasteiger partial charge >= 0.3 is 0 Å². The Hall–Kier alpha value is -3.55. The van der Waals surface area contributed by atoms with Crippen LogP contribution < -0.4 is 10.6 Å². The van der Waals surface area contributed by atoms with E-state index < -0.39 is 35.1 Å². The number of aromatic nitrogens is 2. The van der Waals surface area contributed by atoms with Crippen molar-refractivity contribution in [2.75, 3.05) is 0 Å². The van der Waals surface area contributed by atoms with Crippen molar-refractivity contribution in [2.24, 2.45) is 5.92 Å². The molecule has 0 saturated carbocycles. The molecule has 0 fully saturated rings. The third kappa shape index (κ3) is 5.00. The summed E-state index contributed by atoms with van der Waals surface area (Å²) in [6.45, 7) is 4.19. The predicted molar refractivity (Wildman–Crippen MR) is 124 cm³/mol. The van der Waals surface area contributed by atoms with Crippen LogP contribution in [0.3, 0.4) is 0 Å². The van der Waals surface area contributed by atoms with Crippen molar-refractivity contribution in [3.8, 4) is 0 Å². The number of carbonyl (C=O) groups excluding carboxylic acids is 2. The van der Waals surface area contributed by atoms with Crippen molar-refractivity contribution >= 4 is 11.8 Å². The molecule has 0 spiro atoms. The van der Waals surface area contributed by atoms with Crippen molar-refractivity contribution in [1.29, 1.82) is 0 Å². The fourth-order valence-corrected chi connectivity index (χ4v) is 4.39. The van der Waals surface area contributed by atoms with Crippen LogP contribution in [0, 0.1) is 17.6 Å². The van der Waals surface area contributed by atoms with Gasteiger partial charge in [-0.3, -0.25) is 14.3 Å². The minimum absolute atomic E-state index is 0.246. The Balaban J connectivity index is 1.49. The van der Waals surface area contributed by atoms with E-state index in [9.17, 15) is 18.4 Å². The number of halogens is 2. The molecule has 0 bridgehead atoms. The first-order chi connectivity index (χ1) is 16.3. The second-order valence-electron chi connectivity index (χ2n) is 8.94. The Morgan fingerprint density at radius 2 is 1.79 bits per heavy atom. The topological polar surface area (TPSA) is 76.0 Å². The minimum atomic E-state index is -0.969. The van der Waals surface area contributed by atoms with Crippen LogP contribution >= 0.6 is 0 Å². The molecule has 0 aliphatic heterocycles. The Kier molecular flexibility index (Phi) is 7.05. The lowest BCUT2D eigenvalue weighted by molar-refractivity contribution is -0.124. The van der Waals surface area contributed by atoms with Crippen LogP contribution in [0.4, 0.5) is 8.78 Å². The first-order valence-electron chi connectivity index (χ1n) is 11.5. The number of nitrogens with zero attached hydrogens (tertiary/aromatic N) is 2. The molecule has 2 amide bonds. The molecule has 0 radical (unpaired) electrons. The predicted octanol–water partition coefficient (Wildman–Crippen LogP) is 4.16. The summed E-state index contributed by atoms with van der Waals surface area (Å²) in [5, 5.41) is 10.1. The van der Waals surface area contributed by atoms with Crippen molar-refractivity contribution < 1.29 is 18.4 Å². The molecule has 34 heavy (non-hydrogen) atoms. The van der Waals surface area contributed by atoms with Gasteiger partial charge in [-0.1, -0.05) is 50.2 Å². The highest BCUT2D eigenvalue weighted by molar-refractivity contribution is 5.98. The molecule has 8 heteroatoms. The minimum Gasteiger partial charge on any atom is -0.347 e. The monoisotopic (exact) mass is 466 g/mol. The number of benzene rings is 2. The third-order valence-corrected chi connectivity index (χ3v) is 6.18. The van der Waals surface area contributed by atoms with Gasteiger partial charge in [-0.15, -0.1) is 0 Å². The van der Waals surface area contributed by atoms with Gasteiger partial charge in [-0.2, -0.15) is 5.10 Å². The van der Waals surface area contributed by atoms with E-state index >= 15 is 0 Å². The highest BCUT2D eigenvalue weighted by Gasteiger charge is 2.31. The molecular weight excluding hydrogens is 438 g/mol. The van der Waals surface area contributed by atoms with Crippen LogP contribution in [0.5, 0.6) is 0 Å². The quantitative estimate of drug-likeness (QED) is 0.549. The zero-order valence-electron chi connectivity index (χ0n) is 19.2. The fraction of sp³-hybridized carbons (Fsp3) is 0.346. The van der Waals surface area contributed by atoms with Crippen molar-refractivity contribution in [2.45, 2.75) is 51.7 Å². The first kappa shape index (κ1) is 23.6. The van der Waals surface area contributed by atoms with Crippen LogP contribution in [-0.2, 0) is 17.8 Å². The number of hydrogen-bond acceptors (Lipinski definition) is 3. The van der Waals surface area contributed by atoms with Gasteiger partial charge in [0.25, 0.3) is 5.91 Å². The van der Waals surface area contributed by atoms with Gasteiger partial charge in [0.1, 0.15) is 23.2 Å². The number of rotatable bonds is 7. The van der Waals surface area contributed by atoms with E-state index in [1.165, 1.54) is 6.07 Å². The smallest absolute Gasteiger partial charge is 0.257 e. The van der Waals surface area contributed by atoms with E-state index in [-0.39, 0.29) is 12.0 Å². The van der Waals surface area contributed by atoms with E-state index in [1.807, 2.05) is 35.0 Å². The summed E-state index contributed by atoms with van der Waals surface area (Å²) >= 11 is 0. The van der Waals surface area contributed by atoms with E-state index in [0.29, 0.717) is 6.54 Å². The molecule has 1 aromatic heterocycles. The van der Waals surface area contributed by atoms with Crippen molar-refractivity contribution in [3.63, 3.8) is 0 Å². The van der Waals surface area contributed by atoms with Crippen molar-refractivity contribution in [3.05, 3.63) is 88.7 Å². The number of fused-ring (bicyclic) bond motifs is 1. The Labute approximate surface area is 197 Å². The summed E-state index contributed by atoms with van der Waals surface area (Å²) in [6, 6.07) is 12.1. The Morgan fingerprint density at radius 3 is 2.47 bits per heavy atom. The zero-order valence-corrected chi connectivity index (χ0v) is 19.2. The van der Waals surface area contributed by atoms with Gasteiger partial charge in [0.2, 0.25) is 5.91 Å². The second kappa shape index (κ2) is 10.2. The summed E-state index contributed by atoms with van der Waals surface area (Å²) in [7, 11) is 0. The lowest BCUT2D eigenvalue weighted by atomic mass is 9.92. The maximum atomic E-state index is 14.0. The summed E-state index contributed by atoms with van der Waals surface area (Å²) in [6.07, 6.45) is 4.29. The molecule has 1 aliphatic carbocycles. The molecule has 6 nitrogen and oxygen atoms in total. The zero-order chi connectivity index (χ0) is 24.2. The van der Waals surface area contributed by atoms with Crippen molar-refractivity contribution in [1.82, 2.24) is 20.4 Å². The van der Waals surface area contributed by atoms with Gasteiger partial charge in [0.15, 0.2) is 0 Å². The molecule has 1 unspecified atom stereocenters. The molecule has 1 aliphatic rings. The molecular formula is C26H28F2N4O2. The maximum Gasteiger partial charge on any atom is 0.257 e. The molecule has 3 aromatic rings. The van der Waals surface area contributed by atoms with Gasteiger partial charge in [0.05, 0.1) is 18.8 Å². The number of carbonyl (C=O) groups is 2. The van der Waals surface area contributed by atoms with E-state index in [2.05, 4.69) is 15.7 Å². The standard InChI is InChI=1S/C26H28F2N4O2/c1-16(2)24(31-25(33)23-19(27)10-6-11-20(23)28)26(34)30-21-12-7-13-22-18(21)14-29-32(22)15-17-8-4-3-5-9-17/h3-6,8-11,14,16,21,24H,7,12-13,15H2,1-2H3,(H,30,34)(H,31,33)/t21?,24-/m0/s1. The lowest BCUT2D eigenvalue weighted by Crippen LogP contribution is -2.51. The molecule has 4 rings (SSSR count). The van der Waals surface area contributed by atoms with E-state index in [1.54, 1.807) is 20.0 Å². The lowest BCUT2D eigenvalue weighted by Gasteiger charge is -2.28. The largest absolute Gasteiger partial charge is 0.347 e. The second-order valence-corrected chi connectivity index (χ2v) is 8.94. The summed E-state index contributed by atoms with van der Waals surface area (Å²) < 4.78 is 30.0. The maximum absolute atomic E-state index is 14.0. The van der Waals surface area contributed by atoms with Gasteiger partial charge in [-0.05, 0) is 42.9 Å². The van der Waals surface area contributed by atoms with Crippen LogP contribution in [0.25, 0.3) is 0 Å². The normalized spacial score (nSPS) is 16.1. The SMILES string of the molecule is CC(C)[C@H](NC(=O)c1c(F)cccc1F)C(=O)NC1CCCc2c1cnn2Cc1ccccc1. The number of hydrogen-bond donors (Lipinski definition) is 2. The molecule has 2 N–H and O–H groups in total. The number of nitrogens with one attached hydrogen (secondary N) is 2. The van der Waals surface area contributed by atoms with E-state index in [0.717, 1.165) is 48.2 Å². The molecule has 1 heterocycles. The molecule has 2 aromatic carbocycles. The Morgan fingerprint density at radius 1 is 1.09 bits per heavy atom. The Bertz CT molecular complexity index is 1160. The fourth-order valence-electron chi connectivity index (χ4n) is 4.39. The third-order valence-electron chi connectivity index (χ3n) is 6.18. The highest BCUT2D eigenvalue weighted by Crippen LogP contribution is 2.30. The first-order valence-corrected chi connectivity index (χ1v) is 11.5. The van der Waals surface area contributed by atoms with Crippen LogP contribution in [-0.4, -0.2) is 27.6 Å². The molecule has 178 valence electrons. The summed E-state index contributed by atoms with van der Waals surface area (Å²) in [4.78, 5) is 25.7. The highest BCUT2D eigenvalue weighted by atomic mass is 19.1.